The molecule has 1 N–H and O–H groups in total. The van der Waals surface area contributed by atoms with Crippen molar-refractivity contribution < 1.29 is 4.79 Å². The van der Waals surface area contributed by atoms with Crippen molar-refractivity contribution in [2.24, 2.45) is 0 Å². The van der Waals surface area contributed by atoms with Crippen LogP contribution in [-0.4, -0.2) is 17.5 Å². The highest BCUT2D eigenvalue weighted by molar-refractivity contribution is 6.36. The largest absolute Gasteiger partial charge is 0.364 e. The third-order valence-electron chi connectivity index (χ3n) is 5.67. The molecule has 4 nitrogen and oxygen atoms in total. The summed E-state index contributed by atoms with van der Waals surface area (Å²) in [4.78, 5) is 15.1. The first-order valence-corrected chi connectivity index (χ1v) is 11.1. The Kier molecular flexibility index (Phi) is 6.69. The Hall–Kier alpha value is -2.48. The Bertz CT molecular complexity index is 1080. The Balaban J connectivity index is 1.93. The number of nitrogens with zero attached hydrogens (tertiary/aromatic N) is 2. The molecule has 1 heterocycles. The molecule has 0 aliphatic carbocycles. The fourth-order valence-corrected chi connectivity index (χ4v) is 5.09. The summed E-state index contributed by atoms with van der Waals surface area (Å²) in [5.74, 6) is -0.136. The molecule has 2 aromatic carbocycles. The maximum absolute atomic E-state index is 12.7. The molecule has 162 valence electrons. The molecule has 31 heavy (non-hydrogen) atoms. The normalized spacial score (nSPS) is 17.8. The lowest BCUT2D eigenvalue weighted by molar-refractivity contribution is -0.112. The number of carbonyl (C=O) groups excluding carboxylic acids is 1. The van der Waals surface area contributed by atoms with Gasteiger partial charge in [-0.05, 0) is 87.6 Å². The minimum Gasteiger partial charge on any atom is -0.364 e. The maximum atomic E-state index is 12.7. The van der Waals surface area contributed by atoms with E-state index in [-0.39, 0.29) is 11.1 Å². The first-order valence-electron chi connectivity index (χ1n) is 10.3. The van der Waals surface area contributed by atoms with Crippen molar-refractivity contribution in [2.75, 3.05) is 10.2 Å². The second-order valence-electron chi connectivity index (χ2n) is 8.95. The summed E-state index contributed by atoms with van der Waals surface area (Å²) in [7, 11) is 0. The highest BCUT2D eigenvalue weighted by Gasteiger charge is 2.37. The molecule has 3 rings (SSSR count). The summed E-state index contributed by atoms with van der Waals surface area (Å²) in [6.07, 6.45) is 2.65. The van der Waals surface area contributed by atoms with Gasteiger partial charge in [-0.1, -0.05) is 36.2 Å². The topological polar surface area (TPSA) is 56.1 Å². The summed E-state index contributed by atoms with van der Waals surface area (Å²) < 4.78 is 0. The van der Waals surface area contributed by atoms with Crippen LogP contribution in [0, 0.1) is 11.3 Å². The fraction of sp³-hybridized carbons (Fsp3) is 0.360. The molecule has 0 unspecified atom stereocenters. The molecule has 1 amide bonds. The predicted molar refractivity (Wildman–Crippen MR) is 130 cm³/mol. The highest BCUT2D eigenvalue weighted by atomic mass is 35.5. The minimum atomic E-state index is -0.512. The number of halogens is 2. The number of anilines is 2. The number of rotatable bonds is 4. The van der Waals surface area contributed by atoms with Gasteiger partial charge < -0.3 is 10.2 Å². The number of amides is 1. The van der Waals surface area contributed by atoms with E-state index in [1.165, 1.54) is 11.3 Å². The number of hydrogen-bond acceptors (Lipinski definition) is 3. The fourth-order valence-electron chi connectivity index (χ4n) is 4.63. The van der Waals surface area contributed by atoms with Crippen molar-refractivity contribution in [3.05, 3.63) is 63.1 Å². The van der Waals surface area contributed by atoms with Crippen molar-refractivity contribution in [2.45, 2.75) is 58.5 Å². The number of nitrogens with one attached hydrogen (secondary N) is 1. The lowest BCUT2D eigenvalue weighted by atomic mass is 9.79. The van der Waals surface area contributed by atoms with Gasteiger partial charge in [-0.15, -0.1) is 0 Å². The van der Waals surface area contributed by atoms with Gasteiger partial charge in [0.2, 0.25) is 0 Å². The van der Waals surface area contributed by atoms with Gasteiger partial charge in [0.15, 0.2) is 0 Å². The van der Waals surface area contributed by atoms with E-state index in [1.807, 2.05) is 12.1 Å². The van der Waals surface area contributed by atoms with Crippen LogP contribution in [0.25, 0.3) is 6.08 Å². The maximum Gasteiger partial charge on any atom is 0.266 e. The Labute approximate surface area is 194 Å². The van der Waals surface area contributed by atoms with E-state index in [0.29, 0.717) is 27.7 Å². The second-order valence-corrected chi connectivity index (χ2v) is 9.79. The molecule has 0 aromatic heterocycles. The van der Waals surface area contributed by atoms with E-state index < -0.39 is 5.91 Å². The Morgan fingerprint density at radius 2 is 1.97 bits per heavy atom. The third kappa shape index (κ3) is 4.89. The SMILES string of the molecule is CC(C)N1c2ccc(/C=C(/C#N)C(=O)Nc3ccc(Cl)cc3Cl)cc2[C@H](C)CC1(C)C. The molecule has 0 saturated carbocycles. The first kappa shape index (κ1) is 23.2. The van der Waals surface area contributed by atoms with Crippen LogP contribution in [0.5, 0.6) is 0 Å². The number of nitriles is 1. The van der Waals surface area contributed by atoms with E-state index in [4.69, 9.17) is 23.2 Å². The van der Waals surface area contributed by atoms with E-state index in [0.717, 1.165) is 12.0 Å². The highest BCUT2D eigenvalue weighted by Crippen LogP contribution is 2.44. The summed E-state index contributed by atoms with van der Waals surface area (Å²) in [6.45, 7) is 11.2. The van der Waals surface area contributed by atoms with Gasteiger partial charge in [0, 0.05) is 22.3 Å². The van der Waals surface area contributed by atoms with Crippen LogP contribution in [-0.2, 0) is 4.79 Å². The molecule has 0 saturated heterocycles. The third-order valence-corrected chi connectivity index (χ3v) is 6.22. The lowest BCUT2D eigenvalue weighted by Crippen LogP contribution is -2.51. The summed E-state index contributed by atoms with van der Waals surface area (Å²) in [6, 6.07) is 13.3. The van der Waals surface area contributed by atoms with Crippen LogP contribution >= 0.6 is 23.2 Å². The molecule has 0 radical (unpaired) electrons. The molecule has 0 spiro atoms. The van der Waals surface area contributed by atoms with E-state index >= 15 is 0 Å². The number of hydrogen-bond donors (Lipinski definition) is 1. The molecule has 1 atom stereocenters. The van der Waals surface area contributed by atoms with Gasteiger partial charge in [-0.2, -0.15) is 5.26 Å². The quantitative estimate of drug-likeness (QED) is 0.397. The second kappa shape index (κ2) is 8.94. The zero-order valence-corrected chi connectivity index (χ0v) is 20.0. The standard InChI is InChI=1S/C25H27Cl2N3O/c1-15(2)30-23-9-6-17(11-20(23)16(3)13-25(30,4)5)10-18(14-28)24(31)29-22-8-7-19(26)12-21(22)27/h6-12,15-16H,13H2,1-5H3,(H,29,31)/b18-10-/t16-/m1/s1. The van der Waals surface area contributed by atoms with Crippen LogP contribution in [0.2, 0.25) is 10.0 Å². The van der Waals surface area contributed by atoms with Gasteiger partial charge in [0.1, 0.15) is 11.6 Å². The lowest BCUT2D eigenvalue weighted by Gasteiger charge is -2.50. The Morgan fingerprint density at radius 1 is 1.26 bits per heavy atom. The van der Waals surface area contributed by atoms with Crippen molar-refractivity contribution >= 4 is 46.6 Å². The molecule has 6 heteroatoms. The van der Waals surface area contributed by atoms with E-state index in [2.05, 4.69) is 57.0 Å². The van der Waals surface area contributed by atoms with Crippen LogP contribution in [0.3, 0.4) is 0 Å². The number of carbonyl (C=O) groups is 1. The molecule has 1 aliphatic rings. The van der Waals surface area contributed by atoms with Crippen LogP contribution in [0.15, 0.2) is 42.0 Å². The summed E-state index contributed by atoms with van der Waals surface area (Å²) >= 11 is 12.0. The number of benzene rings is 2. The molecule has 0 bridgehead atoms. The van der Waals surface area contributed by atoms with Crippen LogP contribution in [0.1, 0.15) is 58.1 Å². The van der Waals surface area contributed by atoms with Crippen molar-refractivity contribution in [1.82, 2.24) is 0 Å². The molecule has 2 aromatic rings. The average Bonchev–Trinajstić information content (AvgIpc) is 2.67. The van der Waals surface area contributed by atoms with Gasteiger partial charge in [0.25, 0.3) is 5.91 Å². The van der Waals surface area contributed by atoms with Gasteiger partial charge >= 0.3 is 0 Å². The van der Waals surface area contributed by atoms with Crippen LogP contribution < -0.4 is 10.2 Å². The zero-order chi connectivity index (χ0) is 22.9. The van der Waals surface area contributed by atoms with Crippen molar-refractivity contribution in [3.8, 4) is 6.07 Å². The Morgan fingerprint density at radius 3 is 2.58 bits per heavy atom. The average molecular weight is 456 g/mol. The first-order chi connectivity index (χ1) is 14.5. The minimum absolute atomic E-state index is 0.00970. The molecular formula is C25H27Cl2N3O. The summed E-state index contributed by atoms with van der Waals surface area (Å²) in [5, 5.41) is 13.1. The zero-order valence-electron chi connectivity index (χ0n) is 18.5. The van der Waals surface area contributed by atoms with E-state index in [1.54, 1.807) is 24.3 Å². The predicted octanol–water partition coefficient (Wildman–Crippen LogP) is 7.04. The van der Waals surface area contributed by atoms with Crippen molar-refractivity contribution in [1.29, 1.82) is 5.26 Å². The van der Waals surface area contributed by atoms with Gasteiger partial charge in [0.05, 0.1) is 10.7 Å². The molecule has 1 aliphatic heterocycles. The van der Waals surface area contributed by atoms with Crippen molar-refractivity contribution in [3.63, 3.8) is 0 Å². The van der Waals surface area contributed by atoms with Gasteiger partial charge in [-0.3, -0.25) is 4.79 Å². The molecular weight excluding hydrogens is 429 g/mol. The molecule has 0 fully saturated rings. The van der Waals surface area contributed by atoms with Gasteiger partial charge in [-0.25, -0.2) is 0 Å². The monoisotopic (exact) mass is 455 g/mol. The summed E-state index contributed by atoms with van der Waals surface area (Å²) in [5.41, 5.74) is 3.75. The van der Waals surface area contributed by atoms with Crippen LogP contribution in [0.4, 0.5) is 11.4 Å². The van der Waals surface area contributed by atoms with E-state index in [9.17, 15) is 10.1 Å². The number of fused-ring (bicyclic) bond motifs is 1. The smallest absolute Gasteiger partial charge is 0.266 e.